The summed E-state index contributed by atoms with van der Waals surface area (Å²) in [5.41, 5.74) is 0. The summed E-state index contributed by atoms with van der Waals surface area (Å²) in [5, 5.41) is 0. The van der Waals surface area contributed by atoms with Crippen LogP contribution in [0.1, 0.15) is 26.2 Å². The summed E-state index contributed by atoms with van der Waals surface area (Å²) in [6.07, 6.45) is 3.18. The van der Waals surface area contributed by atoms with Gasteiger partial charge in [-0.25, -0.2) is 25.9 Å². The third-order valence-electron chi connectivity index (χ3n) is 3.06. The van der Waals surface area contributed by atoms with Crippen molar-refractivity contribution in [3.63, 3.8) is 0 Å². The summed E-state index contributed by atoms with van der Waals surface area (Å²) in [4.78, 5) is 0. The molecule has 1 rings (SSSR count). The van der Waals surface area contributed by atoms with Crippen molar-refractivity contribution in [1.29, 1.82) is 0 Å². The van der Waals surface area contributed by atoms with Crippen molar-refractivity contribution in [1.82, 2.24) is 9.03 Å². The largest absolute Gasteiger partial charge is 0.215 e. The minimum absolute atomic E-state index is 0.194. The number of nitrogens with one attached hydrogen (secondary N) is 1. The van der Waals surface area contributed by atoms with Crippen LogP contribution in [-0.4, -0.2) is 52.8 Å². The van der Waals surface area contributed by atoms with Crippen molar-refractivity contribution in [2.45, 2.75) is 26.2 Å². The second kappa shape index (κ2) is 6.31. The molecule has 0 aromatic carbocycles. The van der Waals surface area contributed by atoms with Gasteiger partial charge < -0.3 is 0 Å². The van der Waals surface area contributed by atoms with Gasteiger partial charge in [0.15, 0.2) is 0 Å². The number of rotatable bonds is 6. The van der Waals surface area contributed by atoms with Crippen LogP contribution >= 0.6 is 0 Å². The van der Waals surface area contributed by atoms with E-state index < -0.39 is 20.0 Å². The van der Waals surface area contributed by atoms with Gasteiger partial charge in [-0.1, -0.05) is 6.92 Å². The van der Waals surface area contributed by atoms with E-state index in [-0.39, 0.29) is 11.7 Å². The first-order valence-electron chi connectivity index (χ1n) is 6.17. The first kappa shape index (κ1) is 15.9. The fraction of sp³-hybridized carbons (Fsp3) is 1.00. The summed E-state index contributed by atoms with van der Waals surface area (Å²) in [6, 6.07) is 0. The molecular weight excluding hydrogens is 276 g/mol. The lowest BCUT2D eigenvalue weighted by atomic mass is 9.99. The predicted octanol–water partition coefficient (Wildman–Crippen LogP) is -0.0126. The molecule has 1 saturated heterocycles. The van der Waals surface area contributed by atoms with E-state index in [1.54, 1.807) is 0 Å². The van der Waals surface area contributed by atoms with Crippen LogP contribution in [0.4, 0.5) is 0 Å². The van der Waals surface area contributed by atoms with Crippen LogP contribution in [0.3, 0.4) is 0 Å². The fourth-order valence-corrected chi connectivity index (χ4v) is 4.13. The second-order valence-corrected chi connectivity index (χ2v) is 8.70. The van der Waals surface area contributed by atoms with Crippen LogP contribution in [-0.2, 0) is 20.0 Å². The Bertz CT molecular complexity index is 450. The van der Waals surface area contributed by atoms with Crippen molar-refractivity contribution < 1.29 is 16.8 Å². The first-order valence-corrected chi connectivity index (χ1v) is 9.67. The lowest BCUT2D eigenvalue weighted by Crippen LogP contribution is -2.42. The molecule has 0 saturated carbocycles. The average Bonchev–Trinajstić information content (AvgIpc) is 2.26. The molecule has 8 heteroatoms. The van der Waals surface area contributed by atoms with Gasteiger partial charge in [0.2, 0.25) is 20.0 Å². The normalized spacial score (nSPS) is 20.1. The molecule has 0 spiro atoms. The Balaban J connectivity index is 2.42. The number of hydrogen-bond donors (Lipinski definition) is 1. The maximum absolute atomic E-state index is 11.8. The van der Waals surface area contributed by atoms with Gasteiger partial charge in [-0.05, 0) is 25.2 Å². The van der Waals surface area contributed by atoms with Crippen molar-refractivity contribution in [2.24, 2.45) is 5.92 Å². The van der Waals surface area contributed by atoms with Gasteiger partial charge in [-0.3, -0.25) is 0 Å². The lowest BCUT2D eigenvalue weighted by molar-refractivity contribution is 0.274. The quantitative estimate of drug-likeness (QED) is 0.747. The molecule has 1 heterocycles. The summed E-state index contributed by atoms with van der Waals surface area (Å²) >= 11 is 0. The van der Waals surface area contributed by atoms with E-state index in [9.17, 15) is 16.8 Å². The smallest absolute Gasteiger partial charge is 0.214 e. The zero-order chi connectivity index (χ0) is 13.8. The fourth-order valence-electron chi connectivity index (χ4n) is 2.05. The molecule has 1 N–H and O–H groups in total. The molecule has 108 valence electrons. The highest BCUT2D eigenvalue weighted by Gasteiger charge is 2.27. The van der Waals surface area contributed by atoms with Crippen molar-refractivity contribution in [3.05, 3.63) is 0 Å². The molecule has 18 heavy (non-hydrogen) atoms. The maximum Gasteiger partial charge on any atom is 0.214 e. The molecule has 0 amide bonds. The van der Waals surface area contributed by atoms with E-state index in [0.717, 1.165) is 6.26 Å². The molecule has 0 bridgehead atoms. The van der Waals surface area contributed by atoms with Crippen molar-refractivity contribution in [3.8, 4) is 0 Å². The maximum atomic E-state index is 11.8. The third-order valence-corrected chi connectivity index (χ3v) is 5.83. The highest BCUT2D eigenvalue weighted by atomic mass is 32.2. The van der Waals surface area contributed by atoms with Gasteiger partial charge in [0, 0.05) is 19.6 Å². The molecule has 0 unspecified atom stereocenters. The Hall–Kier alpha value is -0.180. The summed E-state index contributed by atoms with van der Waals surface area (Å²) < 4.78 is 49.6. The van der Waals surface area contributed by atoms with Crippen molar-refractivity contribution in [2.75, 3.05) is 31.6 Å². The molecule has 1 aliphatic rings. The van der Waals surface area contributed by atoms with E-state index in [0.29, 0.717) is 38.9 Å². The van der Waals surface area contributed by atoms with Crippen LogP contribution in [0.2, 0.25) is 0 Å². The van der Waals surface area contributed by atoms with Gasteiger partial charge in [0.05, 0.1) is 12.0 Å². The van der Waals surface area contributed by atoms with Gasteiger partial charge in [0.25, 0.3) is 0 Å². The zero-order valence-corrected chi connectivity index (χ0v) is 12.6. The van der Waals surface area contributed by atoms with Crippen LogP contribution in [0, 0.1) is 5.92 Å². The van der Waals surface area contributed by atoms with Crippen molar-refractivity contribution >= 4 is 20.0 Å². The Morgan fingerprint density at radius 3 is 2.17 bits per heavy atom. The van der Waals surface area contributed by atoms with Gasteiger partial charge in [-0.2, -0.15) is 0 Å². The molecular formula is C10H22N2O4S2. The third kappa shape index (κ3) is 5.21. The minimum Gasteiger partial charge on any atom is -0.215 e. The van der Waals surface area contributed by atoms with Crippen LogP contribution in [0.5, 0.6) is 0 Å². The Labute approximate surface area is 110 Å². The standard InChI is InChI=1S/C10H22N2O4S2/c1-3-8-18(15,16)12-6-4-10(5-7-12)9-11-17(2,13)14/h10-11H,3-9H2,1-2H3. The van der Waals surface area contributed by atoms with Crippen LogP contribution in [0.15, 0.2) is 0 Å². The molecule has 0 aromatic heterocycles. The zero-order valence-electron chi connectivity index (χ0n) is 10.9. The van der Waals surface area contributed by atoms with E-state index in [1.807, 2.05) is 6.92 Å². The van der Waals surface area contributed by atoms with E-state index in [2.05, 4.69) is 4.72 Å². The Kier molecular flexibility index (Phi) is 5.57. The van der Waals surface area contributed by atoms with E-state index >= 15 is 0 Å². The molecule has 0 aromatic rings. The predicted molar refractivity (Wildman–Crippen MR) is 71.2 cm³/mol. The second-order valence-electron chi connectivity index (χ2n) is 4.78. The van der Waals surface area contributed by atoms with E-state index in [1.165, 1.54) is 4.31 Å². The molecule has 6 nitrogen and oxygen atoms in total. The Morgan fingerprint density at radius 2 is 1.72 bits per heavy atom. The average molecular weight is 298 g/mol. The molecule has 0 radical (unpaired) electrons. The highest BCUT2D eigenvalue weighted by molar-refractivity contribution is 7.89. The van der Waals surface area contributed by atoms with Crippen LogP contribution < -0.4 is 4.72 Å². The molecule has 1 fully saturated rings. The SMILES string of the molecule is CCCS(=O)(=O)N1CCC(CNS(C)(=O)=O)CC1. The minimum atomic E-state index is -3.16. The van der Waals surface area contributed by atoms with Crippen LogP contribution in [0.25, 0.3) is 0 Å². The van der Waals surface area contributed by atoms with Gasteiger partial charge in [-0.15, -0.1) is 0 Å². The molecule has 1 aliphatic heterocycles. The number of hydrogen-bond acceptors (Lipinski definition) is 4. The summed E-state index contributed by atoms with van der Waals surface area (Å²) in [5.74, 6) is 0.423. The molecule has 0 aliphatic carbocycles. The van der Waals surface area contributed by atoms with Gasteiger partial charge >= 0.3 is 0 Å². The van der Waals surface area contributed by atoms with Gasteiger partial charge in [0.1, 0.15) is 0 Å². The lowest BCUT2D eigenvalue weighted by Gasteiger charge is -2.31. The number of nitrogens with zero attached hydrogens (tertiary/aromatic N) is 1. The molecule has 0 atom stereocenters. The highest BCUT2D eigenvalue weighted by Crippen LogP contribution is 2.19. The van der Waals surface area contributed by atoms with E-state index in [4.69, 9.17) is 0 Å². The first-order chi connectivity index (χ1) is 8.24. The number of piperidine rings is 1. The Morgan fingerprint density at radius 1 is 1.17 bits per heavy atom. The topological polar surface area (TPSA) is 83.6 Å². The summed E-state index contributed by atoms with van der Waals surface area (Å²) in [6.45, 7) is 3.25. The summed E-state index contributed by atoms with van der Waals surface area (Å²) in [7, 11) is -6.26. The monoisotopic (exact) mass is 298 g/mol. The number of sulfonamides is 2.